The summed E-state index contributed by atoms with van der Waals surface area (Å²) in [5, 5.41) is 12.4. The topological polar surface area (TPSA) is 115 Å². The van der Waals surface area contributed by atoms with Crippen LogP contribution in [0, 0.1) is 0 Å². The van der Waals surface area contributed by atoms with Gasteiger partial charge in [0.25, 0.3) is 0 Å². The Morgan fingerprint density at radius 1 is 1.21 bits per heavy atom. The summed E-state index contributed by atoms with van der Waals surface area (Å²) in [5.74, 6) is -0.0175. The number of imidazole rings is 1. The van der Waals surface area contributed by atoms with Gasteiger partial charge in [-0.25, -0.2) is 4.98 Å². The molecule has 5 aromatic rings. The van der Waals surface area contributed by atoms with E-state index in [2.05, 4.69) is 58.5 Å². The maximum atomic E-state index is 13.0. The van der Waals surface area contributed by atoms with Crippen LogP contribution in [0.4, 0.5) is 0 Å². The molecule has 5 heterocycles. The van der Waals surface area contributed by atoms with E-state index in [0.29, 0.717) is 4.88 Å². The van der Waals surface area contributed by atoms with Crippen LogP contribution in [0.15, 0.2) is 49.3 Å². The van der Waals surface area contributed by atoms with Gasteiger partial charge in [-0.15, -0.1) is 0 Å². The average molecular weight is 533 g/mol. The molecule has 1 fully saturated rings. The van der Waals surface area contributed by atoms with Crippen LogP contribution in [0.25, 0.3) is 21.1 Å². The normalized spacial score (nSPS) is 15.6. The Kier molecular flexibility index (Phi) is 5.86. The van der Waals surface area contributed by atoms with Crippen molar-refractivity contribution in [3.05, 3.63) is 59.9 Å². The molecule has 4 aromatic heterocycles. The molecule has 0 atom stereocenters. The summed E-state index contributed by atoms with van der Waals surface area (Å²) >= 11 is 1.10. The van der Waals surface area contributed by atoms with Crippen molar-refractivity contribution < 1.29 is 4.79 Å². The van der Waals surface area contributed by atoms with Crippen LogP contribution in [0.1, 0.15) is 28.2 Å². The first-order chi connectivity index (χ1) is 16.7. The number of fused-ring (bicyclic) bond motifs is 2. The third-order valence-corrected chi connectivity index (χ3v) is 9.42. The van der Waals surface area contributed by atoms with Crippen molar-refractivity contribution in [1.29, 1.82) is 0 Å². The molecule has 0 saturated carbocycles. The summed E-state index contributed by atoms with van der Waals surface area (Å²) in [6.45, 7) is 2.78. The van der Waals surface area contributed by atoms with Crippen molar-refractivity contribution in [2.24, 2.45) is 0 Å². The predicted molar refractivity (Wildman–Crippen MR) is 133 cm³/mol. The molecule has 0 bridgehead atoms. The van der Waals surface area contributed by atoms with E-state index in [4.69, 9.17) is 0 Å². The van der Waals surface area contributed by atoms with Crippen molar-refractivity contribution in [1.82, 2.24) is 40.3 Å². The van der Waals surface area contributed by atoms with Crippen LogP contribution in [0.3, 0.4) is 0 Å². The van der Waals surface area contributed by atoms with Crippen LogP contribution < -0.4 is 14.1 Å². The van der Waals surface area contributed by atoms with E-state index < -0.39 is 0 Å². The van der Waals surface area contributed by atoms with Crippen molar-refractivity contribution >= 4 is 62.9 Å². The molecule has 0 aliphatic carbocycles. The van der Waals surface area contributed by atoms with Gasteiger partial charge in [-0.05, 0) is 0 Å². The zero-order chi connectivity index (χ0) is 22.9. The molecular formula is C23H22AsN8OS. The number of amides is 1. The fraction of sp³-hybridized carbons (Fsp3) is 0.261. The van der Waals surface area contributed by atoms with E-state index in [1.807, 2.05) is 18.5 Å². The summed E-state index contributed by atoms with van der Waals surface area (Å²) in [7, 11) is 0. The average Bonchev–Trinajstić information content (AvgIpc) is 3.61. The van der Waals surface area contributed by atoms with Gasteiger partial charge in [-0.3, -0.25) is 0 Å². The molecule has 1 radical (unpaired) electrons. The van der Waals surface area contributed by atoms with E-state index in [1.165, 1.54) is 15.7 Å². The van der Waals surface area contributed by atoms with Gasteiger partial charge in [0.05, 0.1) is 6.33 Å². The first-order valence-corrected chi connectivity index (χ1v) is 13.8. The Morgan fingerprint density at radius 3 is 2.97 bits per heavy atom. The van der Waals surface area contributed by atoms with Gasteiger partial charge in [-0.1, -0.05) is 0 Å². The molecule has 6 rings (SSSR count). The molecule has 0 spiro atoms. The second kappa shape index (κ2) is 9.29. The number of carbonyl (C=O) groups excluding carboxylic acids is 1. The van der Waals surface area contributed by atoms with Gasteiger partial charge in [-0.2, -0.15) is 0 Å². The fourth-order valence-corrected chi connectivity index (χ4v) is 7.40. The number of hydrogen-bond acceptors (Lipinski definition) is 7. The Hall–Kier alpha value is -3.07. The number of carbonyl (C=O) groups is 1. The summed E-state index contributed by atoms with van der Waals surface area (Å²) in [6, 6.07) is 8.49. The SMILES string of the molecule is O=C(NC1CCN(Cc2cnc[nH]2)CC1)c1cc2c([As]c3ccc4cn[nH]c4c3)ncnc2s1. The molecule has 1 saturated heterocycles. The summed E-state index contributed by atoms with van der Waals surface area (Å²) in [6.07, 6.45) is 8.89. The molecule has 0 unspecified atom stereocenters. The number of aromatic nitrogens is 6. The first kappa shape index (κ1) is 21.5. The predicted octanol–water partition coefficient (Wildman–Crippen LogP) is 1.34. The molecule has 171 valence electrons. The summed E-state index contributed by atoms with van der Waals surface area (Å²) in [4.78, 5) is 33.2. The van der Waals surface area contributed by atoms with E-state index in [0.717, 1.165) is 63.8 Å². The van der Waals surface area contributed by atoms with Crippen LogP contribution in [0.2, 0.25) is 0 Å². The summed E-state index contributed by atoms with van der Waals surface area (Å²) < 4.78 is 2.25. The van der Waals surface area contributed by atoms with Gasteiger partial charge < -0.3 is 4.98 Å². The molecule has 1 aromatic carbocycles. The van der Waals surface area contributed by atoms with Gasteiger partial charge in [0.1, 0.15) is 0 Å². The van der Waals surface area contributed by atoms with E-state index in [1.54, 1.807) is 12.7 Å². The van der Waals surface area contributed by atoms with E-state index >= 15 is 0 Å². The quantitative estimate of drug-likeness (QED) is 0.284. The molecule has 1 amide bonds. The van der Waals surface area contributed by atoms with Crippen molar-refractivity contribution in [2.75, 3.05) is 13.1 Å². The number of H-pyrrole nitrogens is 2. The number of piperidine rings is 1. The maximum absolute atomic E-state index is 13.0. The third kappa shape index (κ3) is 4.49. The number of thiophene rings is 1. The number of hydrogen-bond donors (Lipinski definition) is 3. The van der Waals surface area contributed by atoms with Gasteiger partial charge in [0.2, 0.25) is 0 Å². The second-order valence-electron chi connectivity index (χ2n) is 8.38. The number of likely N-dealkylation sites (tertiary alicyclic amines) is 1. The molecule has 3 N–H and O–H groups in total. The molecule has 9 nitrogen and oxygen atoms in total. The Bertz CT molecular complexity index is 1440. The molecular weight excluding hydrogens is 511 g/mol. The number of benzene rings is 1. The Morgan fingerprint density at radius 2 is 2.12 bits per heavy atom. The van der Waals surface area contributed by atoms with Crippen LogP contribution in [-0.2, 0) is 6.54 Å². The second-order valence-corrected chi connectivity index (χ2v) is 11.9. The number of rotatable bonds is 6. The van der Waals surface area contributed by atoms with Crippen LogP contribution in [-0.4, -0.2) is 75.8 Å². The minimum absolute atomic E-state index is 0.0175. The first-order valence-electron chi connectivity index (χ1n) is 11.1. The molecule has 1 aliphatic rings. The van der Waals surface area contributed by atoms with E-state index in [-0.39, 0.29) is 27.7 Å². The number of nitrogens with zero attached hydrogens (tertiary/aromatic N) is 5. The fourth-order valence-electron chi connectivity index (χ4n) is 4.26. The molecule has 1 aliphatic heterocycles. The Labute approximate surface area is 206 Å². The standard InChI is InChI=1S/C23H22AsN8OS/c33-22(30-16-3-5-32(6-4-16)11-17-10-25-12-26-17)20-8-18-21(27-13-28-23(18)34-20)24-15-2-1-14-9-29-31-19(14)7-15/h1-2,7-10,12-13,16H,3-6,11H2,(H,25,26)(H,29,31)(H,30,33). The van der Waals surface area contributed by atoms with Crippen LogP contribution >= 0.6 is 11.3 Å². The van der Waals surface area contributed by atoms with Gasteiger partial charge in [0, 0.05) is 6.20 Å². The molecule has 11 heteroatoms. The van der Waals surface area contributed by atoms with Crippen molar-refractivity contribution in [2.45, 2.75) is 25.4 Å². The zero-order valence-corrected chi connectivity index (χ0v) is 20.9. The minimum atomic E-state index is -0.338. The zero-order valence-electron chi connectivity index (χ0n) is 18.2. The van der Waals surface area contributed by atoms with E-state index in [9.17, 15) is 4.79 Å². The molecule has 34 heavy (non-hydrogen) atoms. The van der Waals surface area contributed by atoms with Crippen molar-refractivity contribution in [3.8, 4) is 0 Å². The number of aromatic amines is 2. The monoisotopic (exact) mass is 533 g/mol. The van der Waals surface area contributed by atoms with Gasteiger partial charge >= 0.3 is 184 Å². The third-order valence-electron chi connectivity index (χ3n) is 6.06. The summed E-state index contributed by atoms with van der Waals surface area (Å²) in [5.41, 5.74) is 2.15. The van der Waals surface area contributed by atoms with Crippen LogP contribution in [0.5, 0.6) is 0 Å². The van der Waals surface area contributed by atoms with Gasteiger partial charge in [0.15, 0.2) is 0 Å². The number of nitrogens with one attached hydrogen (secondary N) is 3. The Balaban J connectivity index is 1.13. The van der Waals surface area contributed by atoms with Crippen molar-refractivity contribution in [3.63, 3.8) is 0 Å².